The minimum absolute atomic E-state index is 0.0365. The minimum Gasteiger partial charge on any atom is -0.497 e. The summed E-state index contributed by atoms with van der Waals surface area (Å²) in [6.07, 6.45) is 0.381. The molecule has 1 aliphatic heterocycles. The summed E-state index contributed by atoms with van der Waals surface area (Å²) in [5.41, 5.74) is 4.73. The number of aryl methyl sites for hydroxylation is 1. The van der Waals surface area contributed by atoms with E-state index >= 15 is 0 Å². The first-order chi connectivity index (χ1) is 13.6. The number of amides is 1. The van der Waals surface area contributed by atoms with Gasteiger partial charge < -0.3 is 15.0 Å². The number of anilines is 1. The maximum absolute atomic E-state index is 12.5. The Labute approximate surface area is 161 Å². The van der Waals surface area contributed by atoms with E-state index in [0.717, 1.165) is 33.6 Å². The van der Waals surface area contributed by atoms with Crippen LogP contribution in [-0.4, -0.2) is 32.8 Å². The highest BCUT2D eigenvalue weighted by Gasteiger charge is 2.33. The van der Waals surface area contributed by atoms with E-state index in [0.29, 0.717) is 18.2 Å². The third-order valence-electron chi connectivity index (χ3n) is 5.20. The topological polar surface area (TPSA) is 84.8 Å². The van der Waals surface area contributed by atoms with Crippen molar-refractivity contribution in [3.63, 3.8) is 0 Å². The monoisotopic (exact) mass is 373 g/mol. The normalized spacial score (nSPS) is 16.1. The second kappa shape index (κ2) is 6.23. The number of methoxy groups -OCH3 is 1. The van der Waals surface area contributed by atoms with Gasteiger partial charge in [-0.05, 0) is 36.8 Å². The number of carbonyl (C=O) groups is 1. The maximum atomic E-state index is 12.5. The number of aromatic amines is 1. The molecule has 7 nitrogen and oxygen atoms in total. The average Bonchev–Trinajstić information content (AvgIpc) is 3.28. The molecular formula is C21H19N5O2. The van der Waals surface area contributed by atoms with Gasteiger partial charge >= 0.3 is 0 Å². The number of rotatable bonds is 3. The number of hydrogen-bond acceptors (Lipinski definition) is 4. The zero-order valence-corrected chi connectivity index (χ0v) is 15.6. The van der Waals surface area contributed by atoms with E-state index in [1.807, 2.05) is 55.5 Å². The van der Waals surface area contributed by atoms with Crippen LogP contribution in [0.15, 0.2) is 48.5 Å². The number of ether oxygens (including phenoxy) is 1. The van der Waals surface area contributed by atoms with Crippen LogP contribution in [0.3, 0.4) is 0 Å². The first-order valence-electron chi connectivity index (χ1n) is 9.12. The summed E-state index contributed by atoms with van der Waals surface area (Å²) in [5.74, 6) is 1.95. The van der Waals surface area contributed by atoms with Crippen molar-refractivity contribution in [1.82, 2.24) is 19.7 Å². The van der Waals surface area contributed by atoms with Crippen molar-refractivity contribution in [1.29, 1.82) is 0 Å². The second-order valence-corrected chi connectivity index (χ2v) is 6.92. The summed E-state index contributed by atoms with van der Waals surface area (Å²) >= 11 is 0. The number of nitrogens with zero attached hydrogens (tertiary/aromatic N) is 3. The first-order valence-corrected chi connectivity index (χ1v) is 9.12. The van der Waals surface area contributed by atoms with Crippen molar-refractivity contribution >= 4 is 22.8 Å². The van der Waals surface area contributed by atoms with Gasteiger partial charge in [0.25, 0.3) is 0 Å². The Morgan fingerprint density at radius 3 is 2.68 bits per heavy atom. The maximum Gasteiger partial charge on any atom is 0.231 e. The zero-order chi connectivity index (χ0) is 19.3. The van der Waals surface area contributed by atoms with Crippen LogP contribution in [0.5, 0.6) is 5.75 Å². The number of imidazole rings is 1. The van der Waals surface area contributed by atoms with E-state index in [1.54, 1.807) is 11.8 Å². The van der Waals surface area contributed by atoms with Crippen LogP contribution in [0.1, 0.15) is 29.2 Å². The third-order valence-corrected chi connectivity index (χ3v) is 5.20. The number of fused-ring (bicyclic) bond motifs is 2. The first kappa shape index (κ1) is 16.6. The molecule has 0 fully saturated rings. The molecule has 2 aromatic heterocycles. The Kier molecular flexibility index (Phi) is 3.68. The lowest BCUT2D eigenvalue weighted by Gasteiger charge is -2.24. The SMILES string of the molecule is COc1ccc([C@H]2CC(=O)Nc3c2c(C)nn3-c2nc3ccccc3[nH]2)cc1. The molecule has 0 radical (unpaired) electrons. The van der Waals surface area contributed by atoms with Crippen LogP contribution in [-0.2, 0) is 4.79 Å². The van der Waals surface area contributed by atoms with Crippen LogP contribution in [0.4, 0.5) is 5.82 Å². The highest BCUT2D eigenvalue weighted by Crippen LogP contribution is 2.40. The van der Waals surface area contributed by atoms with Gasteiger partial charge in [0, 0.05) is 17.9 Å². The van der Waals surface area contributed by atoms with E-state index in [9.17, 15) is 4.79 Å². The van der Waals surface area contributed by atoms with Gasteiger partial charge in [-0.15, -0.1) is 0 Å². The molecule has 0 spiro atoms. The van der Waals surface area contributed by atoms with Crippen LogP contribution in [0, 0.1) is 6.92 Å². The molecule has 0 saturated heterocycles. The second-order valence-electron chi connectivity index (χ2n) is 6.92. The minimum atomic E-state index is -0.0622. The summed E-state index contributed by atoms with van der Waals surface area (Å²) in [7, 11) is 1.64. The molecule has 1 aliphatic rings. The lowest BCUT2D eigenvalue weighted by Crippen LogP contribution is -2.25. The Morgan fingerprint density at radius 2 is 1.93 bits per heavy atom. The number of aromatic nitrogens is 4. The number of hydrogen-bond donors (Lipinski definition) is 2. The molecule has 4 aromatic rings. The van der Waals surface area contributed by atoms with Crippen molar-refractivity contribution in [2.45, 2.75) is 19.3 Å². The van der Waals surface area contributed by atoms with E-state index in [-0.39, 0.29) is 11.8 Å². The van der Waals surface area contributed by atoms with Gasteiger partial charge in [0.15, 0.2) is 0 Å². The van der Waals surface area contributed by atoms with Gasteiger partial charge in [-0.1, -0.05) is 24.3 Å². The highest BCUT2D eigenvalue weighted by atomic mass is 16.5. The Morgan fingerprint density at radius 1 is 1.14 bits per heavy atom. The van der Waals surface area contributed by atoms with Crippen molar-refractivity contribution in [3.8, 4) is 11.7 Å². The Bertz CT molecular complexity index is 1160. The van der Waals surface area contributed by atoms with Crippen molar-refractivity contribution in [2.75, 3.05) is 12.4 Å². The molecule has 7 heteroatoms. The molecule has 0 aliphatic carbocycles. The standard InChI is InChI=1S/C21H19N5O2/c1-12-19-15(13-7-9-14(28-2)10-8-13)11-18(27)24-20(19)26(25-12)21-22-16-5-3-4-6-17(16)23-21/h3-10,15H,11H2,1-2H3,(H,22,23)(H,24,27)/t15-/m1/s1. The van der Waals surface area contributed by atoms with Crippen LogP contribution in [0.2, 0.25) is 0 Å². The summed E-state index contributed by atoms with van der Waals surface area (Å²) in [4.78, 5) is 20.4. The summed E-state index contributed by atoms with van der Waals surface area (Å²) in [5, 5.41) is 7.68. The molecule has 5 rings (SSSR count). The Hall–Kier alpha value is -3.61. The van der Waals surface area contributed by atoms with E-state index in [4.69, 9.17) is 4.74 Å². The van der Waals surface area contributed by atoms with Gasteiger partial charge in [0.2, 0.25) is 11.9 Å². The molecular weight excluding hydrogens is 354 g/mol. The van der Waals surface area contributed by atoms with Crippen LogP contribution >= 0.6 is 0 Å². The molecule has 140 valence electrons. The molecule has 28 heavy (non-hydrogen) atoms. The van der Waals surface area contributed by atoms with Gasteiger partial charge in [-0.25, -0.2) is 4.98 Å². The molecule has 2 aromatic carbocycles. The predicted molar refractivity (Wildman–Crippen MR) is 106 cm³/mol. The number of para-hydroxylation sites is 2. The van der Waals surface area contributed by atoms with Gasteiger partial charge in [-0.3, -0.25) is 4.79 Å². The molecule has 0 saturated carbocycles. The summed E-state index contributed by atoms with van der Waals surface area (Å²) < 4.78 is 6.95. The molecule has 0 unspecified atom stereocenters. The fourth-order valence-electron chi connectivity index (χ4n) is 3.86. The number of H-pyrrole nitrogens is 1. The van der Waals surface area contributed by atoms with Gasteiger partial charge in [0.05, 0.1) is 23.8 Å². The zero-order valence-electron chi connectivity index (χ0n) is 15.6. The lowest BCUT2D eigenvalue weighted by molar-refractivity contribution is -0.116. The predicted octanol–water partition coefficient (Wildman–Crippen LogP) is 3.54. The molecule has 3 heterocycles. The van der Waals surface area contributed by atoms with E-state index in [1.165, 1.54) is 0 Å². The van der Waals surface area contributed by atoms with E-state index in [2.05, 4.69) is 20.4 Å². The van der Waals surface area contributed by atoms with E-state index < -0.39 is 0 Å². The van der Waals surface area contributed by atoms with Crippen molar-refractivity contribution < 1.29 is 9.53 Å². The lowest BCUT2D eigenvalue weighted by atomic mass is 9.86. The Balaban J connectivity index is 1.64. The highest BCUT2D eigenvalue weighted by molar-refractivity contribution is 5.95. The van der Waals surface area contributed by atoms with Crippen LogP contribution < -0.4 is 10.1 Å². The molecule has 1 atom stereocenters. The molecule has 1 amide bonds. The number of benzene rings is 2. The average molecular weight is 373 g/mol. The van der Waals surface area contributed by atoms with Gasteiger partial charge in [-0.2, -0.15) is 9.78 Å². The van der Waals surface area contributed by atoms with Gasteiger partial charge in [0.1, 0.15) is 11.6 Å². The molecule has 0 bridgehead atoms. The fourth-order valence-corrected chi connectivity index (χ4v) is 3.86. The quantitative estimate of drug-likeness (QED) is 0.575. The smallest absolute Gasteiger partial charge is 0.231 e. The van der Waals surface area contributed by atoms with Crippen molar-refractivity contribution in [2.24, 2.45) is 0 Å². The summed E-state index contributed by atoms with van der Waals surface area (Å²) in [6, 6.07) is 15.6. The number of nitrogens with one attached hydrogen (secondary N) is 2. The largest absolute Gasteiger partial charge is 0.497 e. The van der Waals surface area contributed by atoms with Crippen molar-refractivity contribution in [3.05, 3.63) is 65.4 Å². The molecule has 2 N–H and O–H groups in total. The summed E-state index contributed by atoms with van der Waals surface area (Å²) in [6.45, 7) is 1.96. The number of carbonyl (C=O) groups excluding carboxylic acids is 1. The fraction of sp³-hybridized carbons (Fsp3) is 0.190. The third kappa shape index (κ3) is 2.55. The van der Waals surface area contributed by atoms with Crippen LogP contribution in [0.25, 0.3) is 17.0 Å².